The molecule has 0 saturated carbocycles. The average Bonchev–Trinajstić information content (AvgIpc) is 2.54. The van der Waals surface area contributed by atoms with Gasteiger partial charge < -0.3 is 9.84 Å². The monoisotopic (exact) mass is 376 g/mol. The highest BCUT2D eigenvalue weighted by atomic mass is 79.9. The van der Waals surface area contributed by atoms with Crippen molar-refractivity contribution in [3.8, 4) is 5.75 Å². The van der Waals surface area contributed by atoms with Crippen LogP contribution in [0.2, 0.25) is 0 Å². The van der Waals surface area contributed by atoms with Gasteiger partial charge in [-0.05, 0) is 40.2 Å². The quantitative estimate of drug-likeness (QED) is 0.599. The number of nitrogens with one attached hydrogen (secondary N) is 1. The molecule has 0 aromatic heterocycles. The Morgan fingerprint density at radius 1 is 1.17 bits per heavy atom. The molecule has 0 fully saturated rings. The predicted molar refractivity (Wildman–Crippen MR) is 88.8 cm³/mol. The van der Waals surface area contributed by atoms with Crippen molar-refractivity contribution < 1.29 is 19.4 Å². The molecule has 2 rings (SSSR count). The Bertz CT molecular complexity index is 746. The molecule has 0 radical (unpaired) electrons. The van der Waals surface area contributed by atoms with Gasteiger partial charge in [0.1, 0.15) is 5.75 Å². The van der Waals surface area contributed by atoms with Gasteiger partial charge in [0.15, 0.2) is 6.61 Å². The molecular weight excluding hydrogens is 364 g/mol. The van der Waals surface area contributed by atoms with Crippen molar-refractivity contribution in [3.05, 3.63) is 64.1 Å². The van der Waals surface area contributed by atoms with Crippen LogP contribution in [0.15, 0.2) is 58.1 Å². The number of ether oxygens (including phenoxy) is 1. The third-order valence-electron chi connectivity index (χ3n) is 2.76. The number of halogens is 1. The molecule has 118 valence electrons. The molecule has 7 heteroatoms. The summed E-state index contributed by atoms with van der Waals surface area (Å²) in [5.41, 5.74) is 3.42. The number of aliphatic carboxylic acids is 1. The van der Waals surface area contributed by atoms with Gasteiger partial charge in [0.2, 0.25) is 0 Å². The Hall–Kier alpha value is -2.67. The number of carboxylic acids is 1. The molecule has 1 amide bonds. The van der Waals surface area contributed by atoms with Gasteiger partial charge in [-0.3, -0.25) is 4.79 Å². The number of para-hydroxylation sites is 1. The third-order valence-corrected chi connectivity index (χ3v) is 3.45. The zero-order valence-corrected chi connectivity index (χ0v) is 13.5. The zero-order chi connectivity index (χ0) is 16.7. The molecule has 0 heterocycles. The van der Waals surface area contributed by atoms with Crippen molar-refractivity contribution >= 4 is 34.0 Å². The average molecular weight is 377 g/mol. The van der Waals surface area contributed by atoms with Gasteiger partial charge in [0.05, 0.1) is 11.8 Å². The van der Waals surface area contributed by atoms with Crippen molar-refractivity contribution in [2.45, 2.75) is 0 Å². The number of rotatable bonds is 6. The second kappa shape index (κ2) is 8.09. The molecule has 2 aromatic carbocycles. The van der Waals surface area contributed by atoms with Crippen molar-refractivity contribution in [3.63, 3.8) is 0 Å². The standard InChI is InChI=1S/C16H13BrN2O4/c17-13-7-3-2-6-12(13)16(22)19-18-9-11-5-1-4-8-14(11)23-10-15(20)21/h1-9H,10H2,(H,19,22)(H,20,21)/b18-9-. The fourth-order valence-electron chi connectivity index (χ4n) is 1.72. The van der Waals surface area contributed by atoms with Gasteiger partial charge in [-0.25, -0.2) is 10.2 Å². The van der Waals surface area contributed by atoms with Crippen LogP contribution in [0.1, 0.15) is 15.9 Å². The Balaban J connectivity index is 2.05. The number of carboxylic acid groups (broad SMARTS) is 1. The summed E-state index contributed by atoms with van der Waals surface area (Å²) in [7, 11) is 0. The third kappa shape index (κ3) is 4.93. The summed E-state index contributed by atoms with van der Waals surface area (Å²) in [6.07, 6.45) is 1.39. The molecule has 0 atom stereocenters. The summed E-state index contributed by atoms with van der Waals surface area (Å²) in [6.45, 7) is -0.450. The van der Waals surface area contributed by atoms with E-state index in [1.165, 1.54) is 6.21 Å². The lowest BCUT2D eigenvalue weighted by atomic mass is 10.2. The van der Waals surface area contributed by atoms with Crippen molar-refractivity contribution in [2.24, 2.45) is 5.10 Å². The lowest BCUT2D eigenvalue weighted by Gasteiger charge is -2.06. The topological polar surface area (TPSA) is 88.0 Å². The van der Waals surface area contributed by atoms with Gasteiger partial charge in [0.25, 0.3) is 5.91 Å². The summed E-state index contributed by atoms with van der Waals surface area (Å²) in [6, 6.07) is 13.8. The van der Waals surface area contributed by atoms with E-state index in [-0.39, 0.29) is 5.91 Å². The highest BCUT2D eigenvalue weighted by Gasteiger charge is 2.08. The van der Waals surface area contributed by atoms with E-state index in [1.54, 1.807) is 48.5 Å². The van der Waals surface area contributed by atoms with E-state index in [4.69, 9.17) is 9.84 Å². The fraction of sp³-hybridized carbons (Fsp3) is 0.0625. The summed E-state index contributed by atoms with van der Waals surface area (Å²) >= 11 is 3.29. The molecule has 0 spiro atoms. The van der Waals surface area contributed by atoms with E-state index < -0.39 is 12.6 Å². The van der Waals surface area contributed by atoms with Crippen LogP contribution in [0.3, 0.4) is 0 Å². The number of nitrogens with zero attached hydrogens (tertiary/aromatic N) is 1. The highest BCUT2D eigenvalue weighted by molar-refractivity contribution is 9.10. The number of hydrogen-bond donors (Lipinski definition) is 2. The molecule has 0 aliphatic rings. The second-order valence-corrected chi connectivity index (χ2v) is 5.25. The number of hydrogen-bond acceptors (Lipinski definition) is 4. The second-order valence-electron chi connectivity index (χ2n) is 4.40. The first kappa shape index (κ1) is 16.7. The minimum atomic E-state index is -1.07. The van der Waals surface area contributed by atoms with Gasteiger partial charge in [-0.2, -0.15) is 5.10 Å². The normalized spacial score (nSPS) is 10.5. The number of carbonyl (C=O) groups excluding carboxylic acids is 1. The van der Waals surface area contributed by atoms with Crippen LogP contribution in [0.25, 0.3) is 0 Å². The van der Waals surface area contributed by atoms with Gasteiger partial charge in [0, 0.05) is 10.0 Å². The summed E-state index contributed by atoms with van der Waals surface area (Å²) in [4.78, 5) is 22.5. The highest BCUT2D eigenvalue weighted by Crippen LogP contribution is 2.16. The van der Waals surface area contributed by atoms with Crippen LogP contribution >= 0.6 is 15.9 Å². The molecular formula is C16H13BrN2O4. The lowest BCUT2D eigenvalue weighted by molar-refractivity contribution is -0.139. The first-order valence-corrected chi connectivity index (χ1v) is 7.39. The maximum absolute atomic E-state index is 12.0. The molecule has 2 aromatic rings. The van der Waals surface area contributed by atoms with Crippen LogP contribution in [0.4, 0.5) is 0 Å². The lowest BCUT2D eigenvalue weighted by Crippen LogP contribution is -2.18. The van der Waals surface area contributed by atoms with E-state index >= 15 is 0 Å². The van der Waals surface area contributed by atoms with Gasteiger partial charge >= 0.3 is 5.97 Å². The Labute approximate surface area is 140 Å². The van der Waals surface area contributed by atoms with Crippen molar-refractivity contribution in [1.82, 2.24) is 5.43 Å². The van der Waals surface area contributed by atoms with Gasteiger partial charge in [-0.15, -0.1) is 0 Å². The summed E-state index contributed by atoms with van der Waals surface area (Å²) in [5.74, 6) is -1.06. The molecule has 0 unspecified atom stereocenters. The molecule has 0 aliphatic heterocycles. The molecule has 0 aliphatic carbocycles. The minimum Gasteiger partial charge on any atom is -0.481 e. The smallest absolute Gasteiger partial charge is 0.341 e. The van der Waals surface area contributed by atoms with Gasteiger partial charge in [-0.1, -0.05) is 24.3 Å². The van der Waals surface area contributed by atoms with Crippen LogP contribution in [0.5, 0.6) is 5.75 Å². The fourth-order valence-corrected chi connectivity index (χ4v) is 2.19. The van der Waals surface area contributed by atoms with E-state index in [2.05, 4.69) is 26.5 Å². The SMILES string of the molecule is O=C(O)COc1ccccc1/C=N\NC(=O)c1ccccc1Br. The van der Waals surface area contributed by atoms with E-state index in [9.17, 15) is 9.59 Å². The van der Waals surface area contributed by atoms with Crippen LogP contribution in [0, 0.1) is 0 Å². The summed E-state index contributed by atoms with van der Waals surface area (Å²) in [5, 5.41) is 12.5. The van der Waals surface area contributed by atoms with E-state index in [0.717, 1.165) is 0 Å². The molecule has 6 nitrogen and oxygen atoms in total. The Morgan fingerprint density at radius 3 is 2.61 bits per heavy atom. The molecule has 0 bridgehead atoms. The first-order chi connectivity index (χ1) is 11.1. The minimum absolute atomic E-state index is 0.363. The van der Waals surface area contributed by atoms with Crippen molar-refractivity contribution in [2.75, 3.05) is 6.61 Å². The van der Waals surface area contributed by atoms with Crippen LogP contribution in [-0.2, 0) is 4.79 Å². The Kier molecular flexibility index (Phi) is 5.87. The summed E-state index contributed by atoms with van der Waals surface area (Å²) < 4.78 is 5.81. The maximum Gasteiger partial charge on any atom is 0.341 e. The van der Waals surface area contributed by atoms with Crippen molar-refractivity contribution in [1.29, 1.82) is 0 Å². The maximum atomic E-state index is 12.0. The first-order valence-electron chi connectivity index (χ1n) is 6.59. The number of carbonyl (C=O) groups is 2. The van der Waals surface area contributed by atoms with E-state index in [1.807, 2.05) is 0 Å². The number of amides is 1. The number of hydrazone groups is 1. The molecule has 23 heavy (non-hydrogen) atoms. The largest absolute Gasteiger partial charge is 0.481 e. The zero-order valence-electron chi connectivity index (χ0n) is 11.9. The van der Waals surface area contributed by atoms with Crippen LogP contribution in [-0.4, -0.2) is 29.8 Å². The predicted octanol–water partition coefficient (Wildman–Crippen LogP) is 2.68. The Morgan fingerprint density at radius 2 is 1.87 bits per heavy atom. The molecule has 0 saturated heterocycles. The van der Waals surface area contributed by atoms with Crippen LogP contribution < -0.4 is 10.2 Å². The number of benzene rings is 2. The van der Waals surface area contributed by atoms with E-state index in [0.29, 0.717) is 21.3 Å². The molecule has 2 N–H and O–H groups in total.